The van der Waals surface area contributed by atoms with Crippen LogP contribution in [-0.2, 0) is 14.8 Å². The Hall–Kier alpha value is -3.01. The highest BCUT2D eigenvalue weighted by Gasteiger charge is 2.18. The van der Waals surface area contributed by atoms with Crippen LogP contribution in [0.1, 0.15) is 18.4 Å². The van der Waals surface area contributed by atoms with E-state index < -0.39 is 16.0 Å². The fraction of sp³-hybridized carbons (Fsp3) is 0.0952. The van der Waals surface area contributed by atoms with Crippen LogP contribution in [0.4, 0.5) is 5.69 Å². The molecule has 0 unspecified atom stereocenters. The Labute approximate surface area is 168 Å². The predicted molar refractivity (Wildman–Crippen MR) is 110 cm³/mol. The van der Waals surface area contributed by atoms with Crippen LogP contribution in [0.5, 0.6) is 0 Å². The average Bonchev–Trinajstić information content (AvgIpc) is 2.66. The maximum atomic E-state index is 13.0. The smallest absolute Gasteiger partial charge is 0.304 e. The molecule has 3 aromatic rings. The van der Waals surface area contributed by atoms with Crippen molar-refractivity contribution in [3.05, 3.63) is 71.2 Å². The number of halogens is 1. The van der Waals surface area contributed by atoms with Gasteiger partial charge in [-0.15, -0.1) is 0 Å². The van der Waals surface area contributed by atoms with Gasteiger partial charge in [-0.3, -0.25) is 9.52 Å². The van der Waals surface area contributed by atoms with Gasteiger partial charge in [-0.05, 0) is 29.7 Å². The van der Waals surface area contributed by atoms with E-state index >= 15 is 0 Å². The summed E-state index contributed by atoms with van der Waals surface area (Å²) in [4.78, 5) is 10.8. The Kier molecular flexibility index (Phi) is 5.88. The first kappa shape index (κ1) is 19.7. The lowest BCUT2D eigenvalue weighted by Gasteiger charge is -2.12. The van der Waals surface area contributed by atoms with Gasteiger partial charge in [-0.1, -0.05) is 59.8 Å². The van der Waals surface area contributed by atoms with Gasteiger partial charge in [-0.25, -0.2) is 8.42 Å². The van der Waals surface area contributed by atoms with Gasteiger partial charge in [0.15, 0.2) is 0 Å². The third-order valence-corrected chi connectivity index (χ3v) is 5.61. The molecule has 0 aromatic heterocycles. The second-order valence-electron chi connectivity index (χ2n) is 5.97. The van der Waals surface area contributed by atoms with Gasteiger partial charge in [0.2, 0.25) is 0 Å². The molecule has 28 heavy (non-hydrogen) atoms. The van der Waals surface area contributed by atoms with Crippen molar-refractivity contribution < 1.29 is 18.3 Å². The number of hydrogen-bond acceptors (Lipinski definition) is 3. The van der Waals surface area contributed by atoms with E-state index in [1.54, 1.807) is 30.3 Å². The molecule has 0 radical (unpaired) electrons. The number of carboxylic acids is 1. The van der Waals surface area contributed by atoms with Gasteiger partial charge in [0.1, 0.15) is 0 Å². The predicted octanol–water partition coefficient (Wildman–Crippen LogP) is 4.51. The van der Waals surface area contributed by atoms with Crippen LogP contribution in [0.2, 0.25) is 5.02 Å². The molecule has 142 valence electrons. The molecule has 0 amide bonds. The van der Waals surface area contributed by atoms with Gasteiger partial charge in [0, 0.05) is 16.8 Å². The van der Waals surface area contributed by atoms with Crippen LogP contribution in [0.3, 0.4) is 0 Å². The van der Waals surface area contributed by atoms with Crippen LogP contribution < -0.4 is 4.72 Å². The monoisotopic (exact) mass is 413 g/mol. The van der Waals surface area contributed by atoms with E-state index in [9.17, 15) is 13.2 Å². The molecule has 2 N–H and O–H groups in total. The third-order valence-electron chi connectivity index (χ3n) is 3.95. The molecule has 0 saturated heterocycles. The number of rotatable bonds is 5. The van der Waals surface area contributed by atoms with E-state index in [-0.39, 0.29) is 23.4 Å². The standard InChI is InChI=1S/C21H16ClNO4S/c22-17-12-13-19(16(14-17)7-2-4-11-21(24)25)23-28(26,27)20-10-5-8-15-6-1-3-9-18(15)20/h1,3,5-6,8-10,12-14,23H,4,11H2,(H,24,25). The number of benzene rings is 3. The summed E-state index contributed by atoms with van der Waals surface area (Å²) in [5.41, 5.74) is 0.654. The van der Waals surface area contributed by atoms with Gasteiger partial charge < -0.3 is 5.11 Å². The zero-order valence-corrected chi connectivity index (χ0v) is 16.2. The fourth-order valence-corrected chi connectivity index (χ4v) is 4.15. The SMILES string of the molecule is O=C(O)CCC#Cc1cc(Cl)ccc1NS(=O)(=O)c1cccc2ccccc12. The molecule has 0 aliphatic rings. The molecule has 0 saturated carbocycles. The Morgan fingerprint density at radius 1 is 1.07 bits per heavy atom. The molecule has 0 aliphatic carbocycles. The number of carboxylic acid groups (broad SMARTS) is 1. The largest absolute Gasteiger partial charge is 0.481 e. The van der Waals surface area contributed by atoms with Crippen molar-refractivity contribution in [2.75, 3.05) is 4.72 Å². The molecular weight excluding hydrogens is 398 g/mol. The molecule has 3 rings (SSSR count). The first-order chi connectivity index (χ1) is 13.4. The first-order valence-electron chi connectivity index (χ1n) is 8.37. The number of nitrogens with one attached hydrogen (secondary N) is 1. The van der Waals surface area contributed by atoms with Crippen LogP contribution >= 0.6 is 11.6 Å². The Morgan fingerprint density at radius 3 is 2.61 bits per heavy atom. The second kappa shape index (κ2) is 8.34. The van der Waals surface area contributed by atoms with Gasteiger partial charge in [0.25, 0.3) is 10.0 Å². The van der Waals surface area contributed by atoms with E-state index in [2.05, 4.69) is 16.6 Å². The Balaban J connectivity index is 1.97. The second-order valence-corrected chi connectivity index (χ2v) is 8.06. The molecule has 0 atom stereocenters. The van der Waals surface area contributed by atoms with E-state index in [1.165, 1.54) is 12.1 Å². The molecule has 5 nitrogen and oxygen atoms in total. The number of carbonyl (C=O) groups is 1. The molecule has 7 heteroatoms. The lowest BCUT2D eigenvalue weighted by molar-refractivity contribution is -0.136. The minimum atomic E-state index is -3.87. The molecule has 0 spiro atoms. The maximum Gasteiger partial charge on any atom is 0.304 e. The number of fused-ring (bicyclic) bond motifs is 1. The quantitative estimate of drug-likeness (QED) is 0.603. The molecule has 0 fully saturated rings. The van der Waals surface area contributed by atoms with Gasteiger partial charge in [0.05, 0.1) is 22.6 Å². The number of anilines is 1. The highest BCUT2D eigenvalue weighted by Crippen LogP contribution is 2.27. The van der Waals surface area contributed by atoms with Gasteiger partial charge in [-0.2, -0.15) is 0 Å². The van der Waals surface area contributed by atoms with Crippen molar-refractivity contribution in [1.29, 1.82) is 0 Å². The van der Waals surface area contributed by atoms with Crippen molar-refractivity contribution in [3.63, 3.8) is 0 Å². The van der Waals surface area contributed by atoms with Crippen molar-refractivity contribution >= 4 is 44.1 Å². The third kappa shape index (κ3) is 4.63. The average molecular weight is 414 g/mol. The lowest BCUT2D eigenvalue weighted by atomic mass is 10.1. The number of aliphatic carboxylic acids is 1. The van der Waals surface area contributed by atoms with Crippen LogP contribution in [0, 0.1) is 11.8 Å². The van der Waals surface area contributed by atoms with Crippen LogP contribution in [-0.4, -0.2) is 19.5 Å². The fourth-order valence-electron chi connectivity index (χ4n) is 2.67. The first-order valence-corrected chi connectivity index (χ1v) is 10.2. The summed E-state index contributed by atoms with van der Waals surface area (Å²) in [5.74, 6) is 4.58. The zero-order chi connectivity index (χ0) is 20.1. The minimum Gasteiger partial charge on any atom is -0.481 e. The maximum absolute atomic E-state index is 13.0. The van der Waals surface area contributed by atoms with Crippen LogP contribution in [0.25, 0.3) is 10.8 Å². The van der Waals surface area contributed by atoms with E-state index in [4.69, 9.17) is 16.7 Å². The summed E-state index contributed by atoms with van der Waals surface area (Å²) < 4.78 is 28.6. The summed E-state index contributed by atoms with van der Waals surface area (Å²) in [6, 6.07) is 16.9. The molecular formula is C21H16ClNO4S. The number of sulfonamides is 1. The normalized spacial score (nSPS) is 10.9. The van der Waals surface area contributed by atoms with E-state index in [0.29, 0.717) is 16.0 Å². The summed E-state index contributed by atoms with van der Waals surface area (Å²) >= 11 is 6.01. The zero-order valence-electron chi connectivity index (χ0n) is 14.6. The Bertz CT molecular complexity index is 1200. The molecule has 0 heterocycles. The topological polar surface area (TPSA) is 83.5 Å². The molecule has 3 aromatic carbocycles. The number of hydrogen-bond donors (Lipinski definition) is 2. The van der Waals surface area contributed by atoms with E-state index in [0.717, 1.165) is 5.39 Å². The van der Waals surface area contributed by atoms with Crippen molar-refractivity contribution in [2.45, 2.75) is 17.7 Å². The lowest BCUT2D eigenvalue weighted by Crippen LogP contribution is -2.14. The van der Waals surface area contributed by atoms with Crippen molar-refractivity contribution in [2.24, 2.45) is 0 Å². The molecule has 0 aliphatic heterocycles. The van der Waals surface area contributed by atoms with Crippen LogP contribution in [0.15, 0.2) is 65.6 Å². The minimum absolute atomic E-state index is 0.0926. The molecule has 0 bridgehead atoms. The van der Waals surface area contributed by atoms with Crippen molar-refractivity contribution in [3.8, 4) is 11.8 Å². The van der Waals surface area contributed by atoms with Crippen molar-refractivity contribution in [1.82, 2.24) is 0 Å². The van der Waals surface area contributed by atoms with Gasteiger partial charge >= 0.3 is 5.97 Å². The highest BCUT2D eigenvalue weighted by atomic mass is 35.5. The summed E-state index contributed by atoms with van der Waals surface area (Å²) in [6.45, 7) is 0. The highest BCUT2D eigenvalue weighted by molar-refractivity contribution is 7.93. The summed E-state index contributed by atoms with van der Waals surface area (Å²) in [5, 5.41) is 10.5. The Morgan fingerprint density at radius 2 is 1.82 bits per heavy atom. The van der Waals surface area contributed by atoms with E-state index in [1.807, 2.05) is 18.2 Å². The summed E-state index contributed by atoms with van der Waals surface area (Å²) in [7, 11) is -3.87. The summed E-state index contributed by atoms with van der Waals surface area (Å²) in [6.07, 6.45) is 0.0575.